The number of ether oxygens (including phenoxy) is 2. The second-order valence-corrected chi connectivity index (χ2v) is 10.2. The van der Waals surface area contributed by atoms with Crippen molar-refractivity contribution in [3.05, 3.63) is 51.7 Å². The average Bonchev–Trinajstić information content (AvgIpc) is 2.94. The van der Waals surface area contributed by atoms with Gasteiger partial charge in [-0.1, -0.05) is 0 Å². The number of benzene rings is 2. The number of hydrogen-bond donors (Lipinski definition) is 10. The Balaban J connectivity index is 1.81. The molecular weight excluding hydrogens is 548 g/mol. The van der Waals surface area contributed by atoms with Gasteiger partial charge in [-0.05, 0) is 31.2 Å². The van der Waals surface area contributed by atoms with Gasteiger partial charge < -0.3 is 65.0 Å². The van der Waals surface area contributed by atoms with Crippen LogP contribution in [0.2, 0.25) is 0 Å². The minimum Gasteiger partial charge on any atom is -0.508 e. The van der Waals surface area contributed by atoms with E-state index in [1.54, 1.807) is 0 Å². The van der Waals surface area contributed by atoms with Crippen LogP contribution in [0.1, 0.15) is 30.3 Å². The van der Waals surface area contributed by atoms with E-state index < -0.39 is 107 Å². The molecule has 2 saturated heterocycles. The number of aromatic hydroxyl groups is 3. The molecule has 3 aromatic rings. The first-order valence-electron chi connectivity index (χ1n) is 12.7. The number of phenolic OH excluding ortho intramolecular Hbond substituents is 3. The molecule has 4 unspecified atom stereocenters. The molecule has 1 aromatic heterocycles. The van der Waals surface area contributed by atoms with Gasteiger partial charge in [0.2, 0.25) is 0 Å². The van der Waals surface area contributed by atoms with Gasteiger partial charge in [-0.25, -0.2) is 0 Å². The van der Waals surface area contributed by atoms with E-state index in [0.29, 0.717) is 5.56 Å². The van der Waals surface area contributed by atoms with Crippen LogP contribution < -0.4 is 5.43 Å². The Morgan fingerprint density at radius 3 is 1.93 bits per heavy atom. The normalized spacial score (nSPS) is 34.1. The lowest BCUT2D eigenvalue weighted by Gasteiger charge is -2.42. The van der Waals surface area contributed by atoms with Gasteiger partial charge >= 0.3 is 0 Å². The van der Waals surface area contributed by atoms with Gasteiger partial charge in [0.25, 0.3) is 0 Å². The SMILES string of the molecule is CC1O[C@@H](c2c(O)c([C@@H]3OC(CO)[C@@H](O)[C@H](O)C3O)c(O)c3c(=O)cc(-c4ccc(O)cc4)oc23)C(O)[C@@H](O)[C@@H]1O. The summed E-state index contributed by atoms with van der Waals surface area (Å²) in [5.41, 5.74) is -2.16. The van der Waals surface area contributed by atoms with E-state index in [1.165, 1.54) is 31.2 Å². The molecule has 0 amide bonds. The van der Waals surface area contributed by atoms with Crippen molar-refractivity contribution >= 4 is 11.0 Å². The van der Waals surface area contributed by atoms with Gasteiger partial charge in [0.15, 0.2) is 11.0 Å². The monoisotopic (exact) mass is 578 g/mol. The summed E-state index contributed by atoms with van der Waals surface area (Å²) in [4.78, 5) is 13.4. The quantitative estimate of drug-likeness (QED) is 0.172. The van der Waals surface area contributed by atoms with Gasteiger partial charge in [-0.15, -0.1) is 0 Å². The standard InChI is InChI=1S/C27H30O14/c1-8-17(31)21(35)23(37)27(39-8)16-20(34)15(26-24(38)22(36)18(32)13(7-28)41-26)19(33)14-11(30)6-12(40-25(14)16)9-2-4-10(29)5-3-9/h2-6,8,13,17-18,21-24,26-29,31-38H,7H2,1H3/t8?,13?,17-,18-,21+,22+,23?,24?,26+,27+/m1/s1. The smallest absolute Gasteiger partial charge is 0.197 e. The first kappa shape index (κ1) is 29.2. The highest BCUT2D eigenvalue weighted by atomic mass is 16.5. The van der Waals surface area contributed by atoms with Crippen molar-refractivity contribution in [3.63, 3.8) is 0 Å². The van der Waals surface area contributed by atoms with Crippen LogP contribution in [0.25, 0.3) is 22.3 Å². The Kier molecular flexibility index (Phi) is 7.71. The molecule has 10 N–H and O–H groups in total. The molecule has 41 heavy (non-hydrogen) atoms. The van der Waals surface area contributed by atoms with Gasteiger partial charge in [0, 0.05) is 11.6 Å². The summed E-state index contributed by atoms with van der Waals surface area (Å²) in [5, 5.41) is 104. The number of rotatable bonds is 4. The van der Waals surface area contributed by atoms with Gasteiger partial charge in [-0.3, -0.25) is 4.79 Å². The van der Waals surface area contributed by atoms with Crippen LogP contribution in [0.3, 0.4) is 0 Å². The number of phenols is 3. The van der Waals surface area contributed by atoms with E-state index in [-0.39, 0.29) is 11.5 Å². The zero-order chi connectivity index (χ0) is 29.9. The van der Waals surface area contributed by atoms with Crippen molar-refractivity contribution in [2.24, 2.45) is 0 Å². The van der Waals surface area contributed by atoms with E-state index in [9.17, 15) is 55.9 Å². The summed E-state index contributed by atoms with van der Waals surface area (Å²) in [6.45, 7) is 0.552. The molecule has 14 heteroatoms. The average molecular weight is 579 g/mol. The third kappa shape index (κ3) is 4.72. The van der Waals surface area contributed by atoms with Gasteiger partial charge in [0.1, 0.15) is 83.3 Å². The maximum absolute atomic E-state index is 13.4. The molecule has 10 atom stereocenters. The summed E-state index contributed by atoms with van der Waals surface area (Å²) in [7, 11) is 0. The van der Waals surface area contributed by atoms with Crippen LogP contribution in [-0.4, -0.2) is 107 Å². The highest BCUT2D eigenvalue weighted by Crippen LogP contribution is 2.50. The molecule has 0 spiro atoms. The first-order valence-corrected chi connectivity index (χ1v) is 12.7. The number of fused-ring (bicyclic) bond motifs is 1. The topological polar surface area (TPSA) is 251 Å². The molecule has 2 aromatic carbocycles. The van der Waals surface area contributed by atoms with Crippen LogP contribution >= 0.6 is 0 Å². The highest BCUT2D eigenvalue weighted by molar-refractivity contribution is 5.92. The molecule has 14 nitrogen and oxygen atoms in total. The molecule has 5 rings (SSSR count). The lowest BCUT2D eigenvalue weighted by molar-refractivity contribution is -0.232. The van der Waals surface area contributed by atoms with Crippen LogP contribution in [-0.2, 0) is 9.47 Å². The maximum atomic E-state index is 13.4. The van der Waals surface area contributed by atoms with E-state index in [4.69, 9.17) is 13.9 Å². The Bertz CT molecular complexity index is 1480. The fourth-order valence-corrected chi connectivity index (χ4v) is 5.34. The largest absolute Gasteiger partial charge is 0.508 e. The van der Waals surface area contributed by atoms with Gasteiger partial charge in [-0.2, -0.15) is 0 Å². The van der Waals surface area contributed by atoms with E-state index in [2.05, 4.69) is 0 Å². The predicted octanol–water partition coefficient (Wildman–Crippen LogP) is -1.37. The van der Waals surface area contributed by atoms with Crippen LogP contribution in [0, 0.1) is 0 Å². The Morgan fingerprint density at radius 2 is 1.32 bits per heavy atom. The van der Waals surface area contributed by atoms with Crippen LogP contribution in [0.4, 0.5) is 0 Å². The Hall–Kier alpha value is -3.31. The summed E-state index contributed by atoms with van der Waals surface area (Å²) < 4.78 is 17.2. The van der Waals surface area contributed by atoms with E-state index in [1.807, 2.05) is 0 Å². The molecule has 3 heterocycles. The Morgan fingerprint density at radius 1 is 0.732 bits per heavy atom. The van der Waals surface area contributed by atoms with Crippen LogP contribution in [0.15, 0.2) is 39.5 Å². The lowest BCUT2D eigenvalue weighted by Crippen LogP contribution is -2.55. The zero-order valence-corrected chi connectivity index (χ0v) is 21.5. The second-order valence-electron chi connectivity index (χ2n) is 10.2. The first-order chi connectivity index (χ1) is 19.4. The second kappa shape index (κ2) is 10.8. The summed E-state index contributed by atoms with van der Waals surface area (Å²) >= 11 is 0. The van der Waals surface area contributed by atoms with E-state index in [0.717, 1.165) is 6.07 Å². The van der Waals surface area contributed by atoms with Crippen molar-refractivity contribution < 1.29 is 65.0 Å². The highest BCUT2D eigenvalue weighted by Gasteiger charge is 2.49. The number of hydrogen-bond acceptors (Lipinski definition) is 14. The predicted molar refractivity (Wildman–Crippen MR) is 137 cm³/mol. The number of aliphatic hydroxyl groups excluding tert-OH is 7. The molecule has 222 valence electrons. The molecular formula is C27H30O14. The molecule has 2 aliphatic heterocycles. The third-order valence-corrected chi connectivity index (χ3v) is 7.66. The van der Waals surface area contributed by atoms with Crippen molar-refractivity contribution in [3.8, 4) is 28.6 Å². The third-order valence-electron chi connectivity index (χ3n) is 7.66. The molecule has 0 aliphatic carbocycles. The molecule has 0 bridgehead atoms. The van der Waals surface area contributed by atoms with Crippen molar-refractivity contribution in [1.29, 1.82) is 0 Å². The Labute approximate surface area is 231 Å². The minimum absolute atomic E-state index is 0.0719. The fraction of sp³-hybridized carbons (Fsp3) is 0.444. The lowest BCUT2D eigenvalue weighted by atomic mass is 9.85. The minimum atomic E-state index is -1.98. The van der Waals surface area contributed by atoms with Crippen molar-refractivity contribution in [2.45, 2.75) is 68.0 Å². The molecule has 2 fully saturated rings. The van der Waals surface area contributed by atoms with Crippen molar-refractivity contribution in [1.82, 2.24) is 0 Å². The molecule has 2 aliphatic rings. The number of aliphatic hydroxyl groups is 7. The summed E-state index contributed by atoms with van der Waals surface area (Å²) in [5.74, 6) is -2.01. The molecule has 0 radical (unpaired) electrons. The zero-order valence-electron chi connectivity index (χ0n) is 21.5. The fourth-order valence-electron chi connectivity index (χ4n) is 5.34. The summed E-state index contributed by atoms with van der Waals surface area (Å²) in [6.07, 6.45) is -16.9. The molecule has 0 saturated carbocycles. The van der Waals surface area contributed by atoms with Crippen molar-refractivity contribution in [2.75, 3.05) is 6.61 Å². The summed E-state index contributed by atoms with van der Waals surface area (Å²) in [6, 6.07) is 6.51. The van der Waals surface area contributed by atoms with Crippen LogP contribution in [0.5, 0.6) is 17.2 Å². The maximum Gasteiger partial charge on any atom is 0.197 e. The van der Waals surface area contributed by atoms with Gasteiger partial charge in [0.05, 0.1) is 23.8 Å². The van der Waals surface area contributed by atoms with E-state index >= 15 is 0 Å².